The van der Waals surface area contributed by atoms with Gasteiger partial charge >= 0.3 is 0 Å². The topological polar surface area (TPSA) is 268 Å². The van der Waals surface area contributed by atoms with E-state index in [1.54, 1.807) is 43.5 Å². The molecule has 21 atom stereocenters. The van der Waals surface area contributed by atoms with E-state index in [0.717, 1.165) is 38.9 Å². The molecule has 2 N–H and O–H groups in total. The molecule has 0 saturated carbocycles. The average molecular weight is 1880 g/mol. The Kier molecular flexibility index (Phi) is 33.9. The van der Waals surface area contributed by atoms with Gasteiger partial charge in [-0.1, -0.05) is 312 Å². The van der Waals surface area contributed by atoms with E-state index in [4.69, 9.17) is 89.7 Å². The number of sulfonamides is 2. The molecule has 11 aromatic rings. The molecule has 28 heteroatoms. The third kappa shape index (κ3) is 25.7. The van der Waals surface area contributed by atoms with Crippen molar-refractivity contribution in [2.24, 2.45) is 0 Å². The number of hydrogen-bond donors (Lipinski definition) is 2. The van der Waals surface area contributed by atoms with E-state index >= 15 is 16.8 Å². The Morgan fingerprint density at radius 1 is 0.343 bits per heavy atom. The smallest absolute Gasteiger partial charge is 0.241 e. The summed E-state index contributed by atoms with van der Waals surface area (Å²) in [6.45, 7) is 11.6. The van der Waals surface area contributed by atoms with Crippen LogP contribution >= 0.6 is 0 Å². The van der Waals surface area contributed by atoms with Gasteiger partial charge in [-0.25, -0.2) is 26.3 Å². The van der Waals surface area contributed by atoms with Crippen LogP contribution < -0.4 is 14.2 Å². The summed E-state index contributed by atoms with van der Waals surface area (Å²) in [5.74, 6) is 0.652. The van der Waals surface area contributed by atoms with Gasteiger partial charge in [-0.2, -0.15) is 0 Å². The van der Waals surface area contributed by atoms with E-state index in [2.05, 4.69) is 30.2 Å². The van der Waals surface area contributed by atoms with Crippen LogP contribution in [0.5, 0.6) is 5.75 Å². The number of methoxy groups -OCH3 is 1. The summed E-state index contributed by atoms with van der Waals surface area (Å²) in [7, 11) is -10.9. The van der Waals surface area contributed by atoms with Crippen LogP contribution in [0.1, 0.15) is 84.1 Å². The molecule has 5 fully saturated rings. The molecule has 708 valence electrons. The molecule has 0 aliphatic carbocycles. The van der Waals surface area contributed by atoms with Crippen LogP contribution in [0.15, 0.2) is 337 Å². The quantitative estimate of drug-likeness (QED) is 0.0337. The molecule has 5 aliphatic rings. The maximum absolute atomic E-state index is 16.2. The van der Waals surface area contributed by atoms with Gasteiger partial charge < -0.3 is 89.7 Å². The second kappa shape index (κ2) is 46.6. The van der Waals surface area contributed by atoms with Crippen molar-refractivity contribution < 1.29 is 107 Å². The van der Waals surface area contributed by atoms with E-state index in [0.29, 0.717) is 16.9 Å². The Morgan fingerprint density at radius 3 is 1.13 bits per heavy atom. The number of nitrogens with one attached hydrogen (secondary N) is 2. The molecule has 25 nitrogen and oxygen atoms in total. The Morgan fingerprint density at radius 2 is 0.694 bits per heavy atom. The summed E-state index contributed by atoms with van der Waals surface area (Å²) in [5, 5.41) is -0.529. The lowest BCUT2D eigenvalue weighted by Gasteiger charge is -2.53. The standard InChI is InChI=1S/C106H120N2O23S2Si/c1-73-91(115-63-75-40-20-9-21-41-75)97(118-66-78-46-26-12-27-47-78)99(120-67-79-48-28-13-29-49-79)104(124-73)123-72-87-93(96(117-65-77-44-24-11-25-45-77)90(103(126-87)131-134(6,7)106(2,3)4)108-133(111,112)85-56-36-17-37-57-85)129-102-89(107-132(109,110)84-54-34-16-35-55-84)95(116-64-76-42-22-10-23-43-76)92(86(125-102)70-114-62-74-38-18-8-19-39-74)130-105-100(121-68-80-50-30-14-31-51-80)98(119-69-81-58-60-83(113-5)61-59-81)94-88(127-105)71-122-101(128-94)82-52-32-15-33-53-82/h8-61,73,86-105,107-108H,62-72H2,1-7H3/t73-,86?,87?,88?,89?,90?,91+,92+,93+,94+,95+,96+,97?,98-,99?,100?,101?,102-,103+,104+,105-/m0/s1. The molecular formula is C106H120N2O23S2Si. The van der Waals surface area contributed by atoms with Crippen molar-refractivity contribution in [2.45, 2.75) is 237 Å². The molecule has 11 aromatic carbocycles. The SMILES string of the molecule is COc1ccc(CO[C@@H]2C(OCc3ccccc3)[C@H](O[C@@H]3C(COCc4ccccc4)O[C@@H](O[C@@H]4C(CO[C@@H]5O[C@@H](C)[C@@H](OCc6ccccc6)C(OCc6ccccc6)C5OCc5ccccc5)O[C@H](O[Si](C)(C)C(C)(C)C)C(NS(=O)(=O)c5ccccc5)[C@H]4OCc4ccccc4)C(NS(=O)(=O)c4ccccc4)[C@H]3OCc3ccccc3)OC3COC(c4ccccc4)O[C@H]32)cc1. The molecule has 0 spiro atoms. The first-order valence-corrected chi connectivity index (χ1v) is 51.5. The van der Waals surface area contributed by atoms with Crippen LogP contribution in [0, 0.1) is 0 Å². The molecule has 0 radical (unpaired) electrons. The summed E-state index contributed by atoms with van der Waals surface area (Å²) in [6, 6.07) is 97.3. The second-order valence-corrected chi connectivity index (χ2v) is 43.7. The lowest BCUT2D eigenvalue weighted by Crippen LogP contribution is -2.71. The fraction of sp³-hybridized carbons (Fsp3) is 0.377. The van der Waals surface area contributed by atoms with Gasteiger partial charge in [0.1, 0.15) is 97.2 Å². The van der Waals surface area contributed by atoms with Crippen molar-refractivity contribution in [3.63, 3.8) is 0 Å². The highest BCUT2D eigenvalue weighted by molar-refractivity contribution is 7.89. The predicted octanol–water partition coefficient (Wildman–Crippen LogP) is 16.8. The highest BCUT2D eigenvalue weighted by atomic mass is 32.2. The minimum Gasteiger partial charge on any atom is -0.497 e. The highest BCUT2D eigenvalue weighted by Crippen LogP contribution is 2.45. The molecule has 5 heterocycles. The lowest BCUT2D eigenvalue weighted by molar-refractivity contribution is -0.395. The van der Waals surface area contributed by atoms with Crippen molar-refractivity contribution in [2.75, 3.05) is 26.9 Å². The summed E-state index contributed by atoms with van der Waals surface area (Å²) in [5.41, 5.74) is 7.22. The fourth-order valence-electron chi connectivity index (χ4n) is 16.8. The summed E-state index contributed by atoms with van der Waals surface area (Å²) < 4.78 is 208. The van der Waals surface area contributed by atoms with E-state index in [9.17, 15) is 0 Å². The first kappa shape index (κ1) is 97.6. The Labute approximate surface area is 787 Å². The van der Waals surface area contributed by atoms with Crippen molar-refractivity contribution in [1.82, 2.24) is 9.44 Å². The van der Waals surface area contributed by atoms with Gasteiger partial charge in [-0.3, -0.25) is 0 Å². The molecule has 16 rings (SSSR count). The maximum atomic E-state index is 16.2. The first-order valence-electron chi connectivity index (χ1n) is 45.6. The van der Waals surface area contributed by atoms with Gasteiger partial charge in [0.25, 0.3) is 0 Å². The molecular weight excluding hydrogens is 1760 g/mol. The molecule has 0 aromatic heterocycles. The molecule has 9 unspecified atom stereocenters. The third-order valence-electron chi connectivity index (χ3n) is 25.0. The predicted molar refractivity (Wildman–Crippen MR) is 503 cm³/mol. The van der Waals surface area contributed by atoms with Crippen LogP contribution in [0.2, 0.25) is 18.1 Å². The molecule has 5 saturated heterocycles. The maximum Gasteiger partial charge on any atom is 0.241 e. The van der Waals surface area contributed by atoms with Gasteiger partial charge in [0.2, 0.25) is 20.0 Å². The largest absolute Gasteiger partial charge is 0.497 e. The van der Waals surface area contributed by atoms with E-state index in [1.807, 2.05) is 287 Å². The first-order chi connectivity index (χ1) is 65.2. The second-order valence-electron chi connectivity index (χ2n) is 35.5. The minimum absolute atomic E-state index is 0.0161. The fourth-order valence-corrected chi connectivity index (χ4v) is 20.5. The van der Waals surface area contributed by atoms with Crippen molar-refractivity contribution >= 4 is 28.4 Å². The van der Waals surface area contributed by atoms with Crippen LogP contribution in [-0.2, 0) is 158 Å². The van der Waals surface area contributed by atoms with Crippen LogP contribution in [0.4, 0.5) is 0 Å². The number of fused-ring (bicyclic) bond motifs is 1. The van der Waals surface area contributed by atoms with Crippen molar-refractivity contribution in [1.29, 1.82) is 0 Å². The molecule has 0 amide bonds. The average Bonchev–Trinajstić information content (AvgIpc) is 0.743. The number of ether oxygens (including phenoxy) is 18. The zero-order chi connectivity index (χ0) is 92.9. The molecule has 134 heavy (non-hydrogen) atoms. The summed E-state index contributed by atoms with van der Waals surface area (Å²) in [4.78, 5) is -0.211. The summed E-state index contributed by atoms with van der Waals surface area (Å²) >= 11 is 0. The third-order valence-corrected chi connectivity index (χ3v) is 32.4. The monoisotopic (exact) mass is 1880 g/mol. The van der Waals surface area contributed by atoms with Gasteiger partial charge in [0, 0.05) is 5.56 Å². The van der Waals surface area contributed by atoms with Crippen LogP contribution in [0.25, 0.3) is 0 Å². The Balaban J connectivity index is 0.861. The van der Waals surface area contributed by atoms with Gasteiger partial charge in [-0.15, -0.1) is 0 Å². The Hall–Kier alpha value is -9.46. The lowest BCUT2D eigenvalue weighted by atomic mass is 9.94. The molecule has 5 aliphatic heterocycles. The van der Waals surface area contributed by atoms with Gasteiger partial charge in [0.05, 0.1) is 95.7 Å². The van der Waals surface area contributed by atoms with Crippen LogP contribution in [-0.4, -0.2) is 175 Å². The normalized spacial score (nSPS) is 26.9. The zero-order valence-electron chi connectivity index (χ0n) is 76.3. The summed E-state index contributed by atoms with van der Waals surface area (Å²) in [6.07, 6.45) is -23.3. The zero-order valence-corrected chi connectivity index (χ0v) is 78.9. The number of benzene rings is 11. The van der Waals surface area contributed by atoms with Crippen molar-refractivity contribution in [3.05, 3.63) is 378 Å². The van der Waals surface area contributed by atoms with Gasteiger partial charge in [-0.05, 0) is 106 Å². The Bertz CT molecular complexity index is 5580. The van der Waals surface area contributed by atoms with E-state index < -0.39 is 169 Å². The van der Waals surface area contributed by atoms with Crippen LogP contribution in [0.3, 0.4) is 0 Å². The van der Waals surface area contributed by atoms with Crippen molar-refractivity contribution in [3.8, 4) is 5.75 Å². The minimum atomic E-state index is -4.75. The molecule has 0 bridgehead atoms. The number of hydrogen-bond acceptors (Lipinski definition) is 23. The highest BCUT2D eigenvalue weighted by Gasteiger charge is 2.60. The van der Waals surface area contributed by atoms with E-state index in [1.165, 1.54) is 24.3 Å². The number of rotatable bonds is 42. The van der Waals surface area contributed by atoms with Gasteiger partial charge in [0.15, 0.2) is 39.8 Å². The van der Waals surface area contributed by atoms with E-state index in [-0.39, 0.29) is 75.9 Å².